The summed E-state index contributed by atoms with van der Waals surface area (Å²) in [6, 6.07) is -0.0333. The highest BCUT2D eigenvalue weighted by molar-refractivity contribution is 6.30. The predicted octanol–water partition coefficient (Wildman–Crippen LogP) is 1.27. The molecule has 1 aliphatic heterocycles. The van der Waals surface area contributed by atoms with Gasteiger partial charge in [0.25, 0.3) is 0 Å². The lowest BCUT2D eigenvalue weighted by molar-refractivity contribution is 0.218. The molecule has 1 saturated carbocycles. The SMILES string of the molecule is O=C1N(CC2CC2)CCN1c1cnc(CO)c(Cl)n1. The average molecular weight is 283 g/mol. The normalized spacial score (nSPS) is 19.4. The summed E-state index contributed by atoms with van der Waals surface area (Å²) < 4.78 is 0. The van der Waals surface area contributed by atoms with Gasteiger partial charge in [0.2, 0.25) is 0 Å². The molecule has 0 unspecified atom stereocenters. The summed E-state index contributed by atoms with van der Waals surface area (Å²) in [7, 11) is 0. The number of aliphatic hydroxyl groups excluding tert-OH is 1. The van der Waals surface area contributed by atoms with Crippen LogP contribution in [0.1, 0.15) is 18.5 Å². The lowest BCUT2D eigenvalue weighted by Gasteiger charge is -2.17. The lowest BCUT2D eigenvalue weighted by Crippen LogP contribution is -2.33. The second-order valence-corrected chi connectivity index (χ2v) is 5.31. The van der Waals surface area contributed by atoms with Gasteiger partial charge in [0.05, 0.1) is 12.8 Å². The van der Waals surface area contributed by atoms with Crippen molar-refractivity contribution < 1.29 is 9.90 Å². The van der Waals surface area contributed by atoms with Gasteiger partial charge in [-0.1, -0.05) is 11.6 Å². The Kier molecular flexibility index (Phi) is 3.28. The molecule has 3 rings (SSSR count). The first-order valence-electron chi connectivity index (χ1n) is 6.37. The molecule has 2 amide bonds. The summed E-state index contributed by atoms with van der Waals surface area (Å²) in [6.45, 7) is 1.91. The molecule has 1 aromatic rings. The van der Waals surface area contributed by atoms with E-state index >= 15 is 0 Å². The molecule has 1 aliphatic carbocycles. The van der Waals surface area contributed by atoms with Gasteiger partial charge in [-0.05, 0) is 18.8 Å². The molecule has 0 bridgehead atoms. The Morgan fingerprint density at radius 1 is 1.42 bits per heavy atom. The number of anilines is 1. The number of amides is 2. The Morgan fingerprint density at radius 2 is 2.21 bits per heavy atom. The third kappa shape index (κ3) is 2.50. The van der Waals surface area contributed by atoms with Gasteiger partial charge >= 0.3 is 6.03 Å². The lowest BCUT2D eigenvalue weighted by atomic mass is 10.4. The van der Waals surface area contributed by atoms with Crippen LogP contribution in [0.5, 0.6) is 0 Å². The fraction of sp³-hybridized carbons (Fsp3) is 0.583. The quantitative estimate of drug-likeness (QED) is 0.903. The first-order chi connectivity index (χ1) is 9.19. The first-order valence-corrected chi connectivity index (χ1v) is 6.75. The summed E-state index contributed by atoms with van der Waals surface area (Å²) in [5.41, 5.74) is 0.326. The summed E-state index contributed by atoms with van der Waals surface area (Å²) in [5.74, 6) is 1.13. The van der Waals surface area contributed by atoms with E-state index in [0.717, 1.165) is 13.1 Å². The maximum Gasteiger partial charge on any atom is 0.325 e. The van der Waals surface area contributed by atoms with Crippen LogP contribution in [0.3, 0.4) is 0 Å². The third-order valence-electron chi connectivity index (χ3n) is 3.48. The number of nitrogens with zero attached hydrogens (tertiary/aromatic N) is 4. The van der Waals surface area contributed by atoms with Gasteiger partial charge < -0.3 is 10.0 Å². The van der Waals surface area contributed by atoms with Gasteiger partial charge in [-0.15, -0.1) is 0 Å². The maximum absolute atomic E-state index is 12.2. The van der Waals surface area contributed by atoms with Gasteiger partial charge in [0.1, 0.15) is 5.69 Å². The Balaban J connectivity index is 1.75. The number of aromatic nitrogens is 2. The zero-order valence-corrected chi connectivity index (χ0v) is 11.2. The van der Waals surface area contributed by atoms with Crippen LogP contribution in [0.15, 0.2) is 6.20 Å². The number of hydrogen-bond acceptors (Lipinski definition) is 4. The summed E-state index contributed by atoms with van der Waals surface area (Å²) in [5, 5.41) is 9.15. The van der Waals surface area contributed by atoms with E-state index in [2.05, 4.69) is 9.97 Å². The predicted molar refractivity (Wildman–Crippen MR) is 70.0 cm³/mol. The largest absolute Gasteiger partial charge is 0.390 e. The smallest absolute Gasteiger partial charge is 0.325 e. The number of aliphatic hydroxyl groups is 1. The first kappa shape index (κ1) is 12.6. The van der Waals surface area contributed by atoms with Crippen molar-refractivity contribution in [1.82, 2.24) is 14.9 Å². The minimum atomic E-state index is -0.256. The summed E-state index contributed by atoms with van der Waals surface area (Å²) in [4.78, 5) is 23.8. The van der Waals surface area contributed by atoms with Crippen LogP contribution in [-0.4, -0.2) is 45.6 Å². The van der Waals surface area contributed by atoms with Crippen LogP contribution in [0, 0.1) is 5.92 Å². The van der Waals surface area contributed by atoms with Gasteiger partial charge in [0, 0.05) is 19.6 Å². The van der Waals surface area contributed by atoms with Crippen molar-refractivity contribution in [1.29, 1.82) is 0 Å². The zero-order chi connectivity index (χ0) is 13.4. The van der Waals surface area contributed by atoms with Crippen LogP contribution in [0.25, 0.3) is 0 Å². The van der Waals surface area contributed by atoms with E-state index in [0.29, 0.717) is 24.0 Å². The molecule has 1 aromatic heterocycles. The highest BCUT2D eigenvalue weighted by Gasteiger charge is 2.34. The van der Waals surface area contributed by atoms with Crippen LogP contribution in [-0.2, 0) is 6.61 Å². The van der Waals surface area contributed by atoms with Crippen LogP contribution < -0.4 is 4.90 Å². The van der Waals surface area contributed by atoms with E-state index in [1.165, 1.54) is 19.0 Å². The van der Waals surface area contributed by atoms with E-state index in [1.807, 2.05) is 4.90 Å². The molecule has 0 aromatic carbocycles. The maximum atomic E-state index is 12.2. The monoisotopic (exact) mass is 282 g/mol. The highest BCUT2D eigenvalue weighted by Crippen LogP contribution is 2.31. The fourth-order valence-corrected chi connectivity index (χ4v) is 2.39. The second-order valence-electron chi connectivity index (χ2n) is 4.95. The van der Waals surface area contributed by atoms with Crippen LogP contribution in [0.2, 0.25) is 5.15 Å². The van der Waals surface area contributed by atoms with Crippen molar-refractivity contribution in [2.45, 2.75) is 19.4 Å². The van der Waals surface area contributed by atoms with Crippen molar-refractivity contribution in [3.05, 3.63) is 17.0 Å². The molecule has 1 N–H and O–H groups in total. The van der Waals surface area contributed by atoms with E-state index < -0.39 is 0 Å². The van der Waals surface area contributed by atoms with E-state index in [9.17, 15) is 4.79 Å². The second kappa shape index (κ2) is 4.94. The summed E-state index contributed by atoms with van der Waals surface area (Å²) in [6.07, 6.45) is 3.93. The minimum Gasteiger partial charge on any atom is -0.390 e. The minimum absolute atomic E-state index is 0.0333. The van der Waals surface area contributed by atoms with Gasteiger partial charge in [-0.25, -0.2) is 9.78 Å². The zero-order valence-electron chi connectivity index (χ0n) is 10.4. The number of rotatable bonds is 4. The van der Waals surface area contributed by atoms with Crippen molar-refractivity contribution in [3.8, 4) is 0 Å². The van der Waals surface area contributed by atoms with Crippen molar-refractivity contribution >= 4 is 23.4 Å². The molecular weight excluding hydrogens is 268 g/mol. The molecule has 0 spiro atoms. The number of carbonyl (C=O) groups excluding carboxylic acids is 1. The molecule has 0 radical (unpaired) electrons. The van der Waals surface area contributed by atoms with Gasteiger partial charge in [-0.2, -0.15) is 0 Å². The van der Waals surface area contributed by atoms with Crippen LogP contribution >= 0.6 is 11.6 Å². The fourth-order valence-electron chi connectivity index (χ4n) is 2.20. The van der Waals surface area contributed by atoms with E-state index in [4.69, 9.17) is 16.7 Å². The molecule has 102 valence electrons. The highest BCUT2D eigenvalue weighted by atomic mass is 35.5. The standard InChI is InChI=1S/C12H15ClN4O2/c13-11-9(7-18)14-5-10(15-11)17-4-3-16(12(17)19)6-8-1-2-8/h5,8,18H,1-4,6-7H2. The van der Waals surface area contributed by atoms with Crippen LogP contribution in [0.4, 0.5) is 10.6 Å². The molecule has 19 heavy (non-hydrogen) atoms. The van der Waals surface area contributed by atoms with Gasteiger partial charge in [0.15, 0.2) is 11.0 Å². The molecule has 2 aliphatic rings. The summed E-state index contributed by atoms with van der Waals surface area (Å²) >= 11 is 5.90. The molecule has 0 atom stereocenters. The number of urea groups is 1. The Hall–Kier alpha value is -1.40. The number of carbonyl (C=O) groups is 1. The molecular formula is C12H15ClN4O2. The van der Waals surface area contributed by atoms with E-state index in [1.54, 1.807) is 4.90 Å². The average Bonchev–Trinajstić information content (AvgIpc) is 3.14. The third-order valence-corrected chi connectivity index (χ3v) is 3.79. The topological polar surface area (TPSA) is 69.6 Å². The Morgan fingerprint density at radius 3 is 2.84 bits per heavy atom. The molecule has 6 nitrogen and oxygen atoms in total. The molecule has 1 saturated heterocycles. The molecule has 7 heteroatoms. The van der Waals surface area contributed by atoms with Crippen molar-refractivity contribution in [3.63, 3.8) is 0 Å². The Bertz CT molecular complexity index is 507. The van der Waals surface area contributed by atoms with Crippen molar-refractivity contribution in [2.75, 3.05) is 24.5 Å². The molecule has 2 fully saturated rings. The Labute approximate surface area is 116 Å². The van der Waals surface area contributed by atoms with Gasteiger partial charge in [-0.3, -0.25) is 9.88 Å². The molecule has 2 heterocycles. The number of halogens is 1. The van der Waals surface area contributed by atoms with Crippen molar-refractivity contribution in [2.24, 2.45) is 5.92 Å². The number of hydrogen-bond donors (Lipinski definition) is 1. The van der Waals surface area contributed by atoms with E-state index in [-0.39, 0.29) is 17.8 Å².